The van der Waals surface area contributed by atoms with Gasteiger partial charge >= 0.3 is 6.03 Å². The highest BCUT2D eigenvalue weighted by molar-refractivity contribution is 5.75. The number of fused-ring (bicyclic) bond motifs is 2. The number of urea groups is 1. The third-order valence-electron chi connectivity index (χ3n) is 6.16. The molecule has 2 bridgehead atoms. The van der Waals surface area contributed by atoms with Gasteiger partial charge in [-0.1, -0.05) is 6.42 Å². The molecule has 2 amide bonds. The summed E-state index contributed by atoms with van der Waals surface area (Å²) < 4.78 is 0. The number of nitrogens with one attached hydrogen (secondary N) is 2. The molecule has 2 N–H and O–H groups in total. The normalized spacial score (nSPS) is 34.6. The lowest BCUT2D eigenvalue weighted by atomic mass is 9.82. The molecule has 1 aromatic rings. The van der Waals surface area contributed by atoms with E-state index in [2.05, 4.69) is 28.3 Å². The van der Waals surface area contributed by atoms with E-state index in [1.165, 1.54) is 19.3 Å². The summed E-state index contributed by atoms with van der Waals surface area (Å²) in [6.07, 6.45) is 10.2. The molecule has 5 nitrogen and oxygen atoms in total. The molecule has 3 aliphatic heterocycles. The fourth-order valence-electron chi connectivity index (χ4n) is 4.88. The maximum Gasteiger partial charge on any atom is 0.318 e. The van der Waals surface area contributed by atoms with E-state index in [4.69, 9.17) is 0 Å². The van der Waals surface area contributed by atoms with Crippen LogP contribution in [0.4, 0.5) is 4.79 Å². The van der Waals surface area contributed by atoms with Crippen LogP contribution in [-0.2, 0) is 0 Å². The van der Waals surface area contributed by atoms with Crippen LogP contribution < -0.4 is 5.32 Å². The second-order valence-corrected chi connectivity index (χ2v) is 7.50. The van der Waals surface area contributed by atoms with E-state index in [1.807, 2.05) is 17.2 Å². The van der Waals surface area contributed by atoms with Crippen molar-refractivity contribution in [2.24, 2.45) is 0 Å². The van der Waals surface area contributed by atoms with Crippen molar-refractivity contribution < 1.29 is 4.79 Å². The molecule has 0 aromatic carbocycles. The first-order valence-corrected chi connectivity index (χ1v) is 9.14. The number of carbonyl (C=O) groups excluding carboxylic acids is 1. The molecule has 3 aliphatic rings. The van der Waals surface area contributed by atoms with Crippen LogP contribution in [0, 0.1) is 0 Å². The van der Waals surface area contributed by atoms with Gasteiger partial charge in [-0.05, 0) is 57.7 Å². The summed E-state index contributed by atoms with van der Waals surface area (Å²) in [7, 11) is 2.26. The minimum absolute atomic E-state index is 0.134. The zero-order chi connectivity index (χ0) is 15.8. The molecule has 126 valence electrons. The Labute approximate surface area is 138 Å². The van der Waals surface area contributed by atoms with Gasteiger partial charge in [-0.15, -0.1) is 0 Å². The number of hydrogen-bond donors (Lipinski definition) is 2. The van der Waals surface area contributed by atoms with Gasteiger partial charge in [0.2, 0.25) is 0 Å². The van der Waals surface area contributed by atoms with Gasteiger partial charge in [0, 0.05) is 36.6 Å². The van der Waals surface area contributed by atoms with Crippen LogP contribution in [0.5, 0.6) is 0 Å². The highest BCUT2D eigenvalue weighted by Crippen LogP contribution is 2.34. The average molecular weight is 316 g/mol. The summed E-state index contributed by atoms with van der Waals surface area (Å²) >= 11 is 0. The van der Waals surface area contributed by atoms with Crippen LogP contribution in [-0.4, -0.2) is 52.5 Å². The molecule has 1 aromatic heterocycles. The summed E-state index contributed by atoms with van der Waals surface area (Å²) in [5.41, 5.74) is 1.16. The molecule has 0 saturated carbocycles. The zero-order valence-electron chi connectivity index (χ0n) is 14.0. The molecule has 3 unspecified atom stereocenters. The SMILES string of the molecule is CN1C2CCCC1CC(NC(=O)N1CCCC1c1ccc[nH]1)C2. The van der Waals surface area contributed by atoms with Crippen LogP contribution in [0.1, 0.15) is 56.7 Å². The minimum Gasteiger partial charge on any atom is -0.363 e. The Morgan fingerprint density at radius 3 is 2.70 bits per heavy atom. The molecule has 0 aliphatic carbocycles. The van der Waals surface area contributed by atoms with Crippen LogP contribution in [0.3, 0.4) is 0 Å². The van der Waals surface area contributed by atoms with E-state index in [9.17, 15) is 4.79 Å². The van der Waals surface area contributed by atoms with Gasteiger partial charge in [-0.25, -0.2) is 4.79 Å². The Bertz CT molecular complexity index is 529. The highest BCUT2D eigenvalue weighted by Gasteiger charge is 2.38. The Morgan fingerprint density at radius 2 is 2.00 bits per heavy atom. The molecule has 4 rings (SSSR count). The van der Waals surface area contributed by atoms with E-state index in [-0.39, 0.29) is 12.1 Å². The Balaban J connectivity index is 1.40. The zero-order valence-corrected chi connectivity index (χ0v) is 14.0. The molecule has 0 spiro atoms. The summed E-state index contributed by atoms with van der Waals surface area (Å²) in [6, 6.07) is 6.12. The number of H-pyrrole nitrogens is 1. The van der Waals surface area contributed by atoms with Gasteiger partial charge in [0.1, 0.15) is 0 Å². The molecule has 0 radical (unpaired) electrons. The molecular formula is C18H28N4O. The smallest absolute Gasteiger partial charge is 0.318 e. The number of rotatable bonds is 2. The lowest BCUT2D eigenvalue weighted by Crippen LogP contribution is -2.56. The molecule has 5 heteroatoms. The number of aromatic nitrogens is 1. The highest BCUT2D eigenvalue weighted by atomic mass is 16.2. The molecule has 4 heterocycles. The van der Waals surface area contributed by atoms with Crippen LogP contribution in [0.25, 0.3) is 0 Å². The first-order chi connectivity index (χ1) is 11.2. The standard InChI is InChI=1S/C18H28N4O/c1-21-14-5-2-6-15(21)12-13(11-14)20-18(23)22-10-4-8-17(22)16-7-3-9-19-16/h3,7,9,13-15,17,19H,2,4-6,8,10-12H2,1H3,(H,20,23). The third-order valence-corrected chi connectivity index (χ3v) is 6.16. The minimum atomic E-state index is 0.134. The number of nitrogens with zero attached hydrogens (tertiary/aromatic N) is 2. The fraction of sp³-hybridized carbons (Fsp3) is 0.722. The largest absolute Gasteiger partial charge is 0.363 e. The third kappa shape index (κ3) is 2.87. The number of piperidine rings is 2. The van der Waals surface area contributed by atoms with Gasteiger partial charge in [0.05, 0.1) is 6.04 Å². The first kappa shape index (κ1) is 15.1. The van der Waals surface area contributed by atoms with Crippen molar-refractivity contribution in [2.75, 3.05) is 13.6 Å². The summed E-state index contributed by atoms with van der Waals surface area (Å²) in [5, 5.41) is 3.35. The van der Waals surface area contributed by atoms with Crippen molar-refractivity contribution in [3.8, 4) is 0 Å². The van der Waals surface area contributed by atoms with Crippen LogP contribution in [0.2, 0.25) is 0 Å². The van der Waals surface area contributed by atoms with Gasteiger partial charge in [-0.2, -0.15) is 0 Å². The maximum absolute atomic E-state index is 12.8. The Hall–Kier alpha value is -1.49. The summed E-state index contributed by atoms with van der Waals surface area (Å²) in [6.45, 7) is 0.870. The van der Waals surface area contributed by atoms with Gasteiger partial charge < -0.3 is 20.1 Å². The van der Waals surface area contributed by atoms with Gasteiger partial charge in [-0.3, -0.25) is 0 Å². The fourth-order valence-corrected chi connectivity index (χ4v) is 4.88. The van der Waals surface area contributed by atoms with Crippen molar-refractivity contribution in [1.82, 2.24) is 20.1 Å². The quantitative estimate of drug-likeness (QED) is 0.881. The van der Waals surface area contributed by atoms with Crippen LogP contribution >= 0.6 is 0 Å². The second kappa shape index (κ2) is 6.19. The molecule has 3 fully saturated rings. The molecule has 23 heavy (non-hydrogen) atoms. The van der Waals surface area contributed by atoms with Crippen molar-refractivity contribution >= 4 is 6.03 Å². The maximum atomic E-state index is 12.8. The number of likely N-dealkylation sites (tertiary alicyclic amines) is 1. The summed E-state index contributed by atoms with van der Waals surface area (Å²) in [4.78, 5) is 20.7. The topological polar surface area (TPSA) is 51.4 Å². The van der Waals surface area contributed by atoms with Gasteiger partial charge in [0.25, 0.3) is 0 Å². The molecular weight excluding hydrogens is 288 g/mol. The van der Waals surface area contributed by atoms with E-state index in [1.54, 1.807) is 0 Å². The molecule has 3 atom stereocenters. The Morgan fingerprint density at radius 1 is 1.22 bits per heavy atom. The van der Waals surface area contributed by atoms with Crippen molar-refractivity contribution in [1.29, 1.82) is 0 Å². The lowest BCUT2D eigenvalue weighted by molar-refractivity contribution is 0.0492. The predicted octanol–water partition coefficient (Wildman–Crippen LogP) is 2.88. The number of carbonyl (C=O) groups is 1. The van der Waals surface area contributed by atoms with Crippen LogP contribution in [0.15, 0.2) is 18.3 Å². The average Bonchev–Trinajstić information content (AvgIpc) is 3.18. The van der Waals surface area contributed by atoms with Crippen molar-refractivity contribution in [3.05, 3.63) is 24.0 Å². The molecule has 3 saturated heterocycles. The lowest BCUT2D eigenvalue weighted by Gasteiger charge is -2.47. The second-order valence-electron chi connectivity index (χ2n) is 7.50. The summed E-state index contributed by atoms with van der Waals surface area (Å²) in [5.74, 6) is 0. The van der Waals surface area contributed by atoms with Crippen molar-refractivity contribution in [2.45, 2.75) is 69.1 Å². The van der Waals surface area contributed by atoms with E-state index in [0.29, 0.717) is 18.1 Å². The van der Waals surface area contributed by atoms with Crippen molar-refractivity contribution in [3.63, 3.8) is 0 Å². The van der Waals surface area contributed by atoms with E-state index >= 15 is 0 Å². The van der Waals surface area contributed by atoms with Gasteiger partial charge in [0.15, 0.2) is 0 Å². The van der Waals surface area contributed by atoms with E-state index < -0.39 is 0 Å². The Kier molecular flexibility index (Phi) is 4.05. The number of aromatic amines is 1. The van der Waals surface area contributed by atoms with E-state index in [0.717, 1.165) is 37.9 Å². The monoisotopic (exact) mass is 316 g/mol. The number of hydrogen-bond acceptors (Lipinski definition) is 2. The number of amides is 2. The first-order valence-electron chi connectivity index (χ1n) is 9.14. The predicted molar refractivity (Wildman–Crippen MR) is 90.2 cm³/mol.